The Kier molecular flexibility index (Phi) is 2.92. The second-order valence-electron chi connectivity index (χ2n) is 5.84. The van der Waals surface area contributed by atoms with Gasteiger partial charge in [0.2, 0.25) is 0 Å². The third-order valence-electron chi connectivity index (χ3n) is 3.41. The van der Waals surface area contributed by atoms with Gasteiger partial charge in [0.25, 0.3) is 0 Å². The van der Waals surface area contributed by atoms with Gasteiger partial charge in [-0.25, -0.2) is 4.98 Å². The lowest BCUT2D eigenvalue weighted by Gasteiger charge is -2.18. The topological polar surface area (TPSA) is 24.9 Å². The fourth-order valence-corrected chi connectivity index (χ4v) is 1.99. The first kappa shape index (κ1) is 11.4. The number of nitrogens with one attached hydrogen (secondary N) is 1. The van der Waals surface area contributed by atoms with Gasteiger partial charge >= 0.3 is 0 Å². The predicted molar refractivity (Wildman–Crippen MR) is 68.7 cm³/mol. The summed E-state index contributed by atoms with van der Waals surface area (Å²) in [6.07, 6.45) is 4.57. The highest BCUT2D eigenvalue weighted by Crippen LogP contribution is 2.35. The minimum Gasteiger partial charge on any atom is -0.367 e. The minimum atomic E-state index is 0.192. The van der Waals surface area contributed by atoms with Gasteiger partial charge in [-0.1, -0.05) is 40.2 Å². The van der Waals surface area contributed by atoms with Gasteiger partial charge < -0.3 is 5.32 Å². The lowest BCUT2D eigenvalue weighted by molar-refractivity contribution is 0.587. The van der Waals surface area contributed by atoms with E-state index in [1.807, 2.05) is 6.20 Å². The number of hydrogen-bond acceptors (Lipinski definition) is 2. The van der Waals surface area contributed by atoms with Crippen LogP contribution in [0.1, 0.15) is 46.1 Å². The molecule has 1 aliphatic rings. The molecule has 0 amide bonds. The number of pyridine rings is 1. The van der Waals surface area contributed by atoms with Crippen LogP contribution in [-0.4, -0.2) is 11.0 Å². The van der Waals surface area contributed by atoms with E-state index in [9.17, 15) is 0 Å². The summed E-state index contributed by atoms with van der Waals surface area (Å²) in [5.74, 6) is 1.89. The summed E-state index contributed by atoms with van der Waals surface area (Å²) in [4.78, 5) is 4.48. The Labute approximate surface area is 98.5 Å². The van der Waals surface area contributed by atoms with E-state index in [0.29, 0.717) is 6.04 Å². The molecule has 16 heavy (non-hydrogen) atoms. The van der Waals surface area contributed by atoms with Gasteiger partial charge in [0, 0.05) is 12.2 Å². The summed E-state index contributed by atoms with van der Waals surface area (Å²) in [6, 6.07) is 4.95. The van der Waals surface area contributed by atoms with E-state index in [-0.39, 0.29) is 5.41 Å². The van der Waals surface area contributed by atoms with Crippen molar-refractivity contribution in [2.45, 2.75) is 52.0 Å². The third-order valence-corrected chi connectivity index (χ3v) is 3.41. The number of anilines is 1. The highest BCUT2D eigenvalue weighted by Gasteiger charge is 2.35. The van der Waals surface area contributed by atoms with Crippen molar-refractivity contribution < 1.29 is 0 Å². The van der Waals surface area contributed by atoms with Crippen molar-refractivity contribution >= 4 is 5.82 Å². The Morgan fingerprint density at radius 1 is 1.38 bits per heavy atom. The largest absolute Gasteiger partial charge is 0.367 e. The maximum absolute atomic E-state index is 4.48. The first-order valence-corrected chi connectivity index (χ1v) is 6.24. The van der Waals surface area contributed by atoms with Crippen LogP contribution in [0.3, 0.4) is 0 Å². The third kappa shape index (κ3) is 2.55. The van der Waals surface area contributed by atoms with Crippen LogP contribution in [0.25, 0.3) is 0 Å². The monoisotopic (exact) mass is 218 g/mol. The predicted octanol–water partition coefficient (Wildman–Crippen LogP) is 3.59. The highest BCUT2D eigenvalue weighted by molar-refractivity contribution is 5.39. The molecule has 0 bridgehead atoms. The number of nitrogens with zero attached hydrogens (tertiary/aromatic N) is 1. The highest BCUT2D eigenvalue weighted by atomic mass is 15.0. The van der Waals surface area contributed by atoms with Crippen molar-refractivity contribution in [2.24, 2.45) is 5.92 Å². The van der Waals surface area contributed by atoms with Crippen LogP contribution in [0.15, 0.2) is 18.3 Å². The van der Waals surface area contributed by atoms with Gasteiger partial charge in [-0.3, -0.25) is 0 Å². The molecule has 1 N–H and O–H groups in total. The molecule has 0 spiro atoms. The molecular weight excluding hydrogens is 196 g/mol. The smallest absolute Gasteiger partial charge is 0.126 e. The van der Waals surface area contributed by atoms with Crippen LogP contribution in [-0.2, 0) is 5.41 Å². The molecule has 1 aromatic heterocycles. The fourth-order valence-electron chi connectivity index (χ4n) is 1.99. The summed E-state index contributed by atoms with van der Waals surface area (Å²) >= 11 is 0. The fraction of sp³-hybridized carbons (Fsp3) is 0.643. The Hall–Kier alpha value is -1.05. The van der Waals surface area contributed by atoms with Crippen molar-refractivity contribution in [1.29, 1.82) is 0 Å². The molecule has 0 radical (unpaired) electrons. The average molecular weight is 218 g/mol. The van der Waals surface area contributed by atoms with Gasteiger partial charge in [-0.15, -0.1) is 0 Å². The molecule has 2 heteroatoms. The molecule has 2 unspecified atom stereocenters. The second kappa shape index (κ2) is 4.08. The molecular formula is C14H22N2. The molecule has 1 aromatic rings. The Balaban J connectivity index is 1.98. The standard InChI is InChI=1S/C14H22N2/c1-5-10-8-12(10)16-13-7-6-11(9-15-13)14(2,3)4/h6-7,9-10,12H,5,8H2,1-4H3,(H,15,16). The summed E-state index contributed by atoms with van der Waals surface area (Å²) in [7, 11) is 0. The Bertz CT molecular complexity index is 348. The molecule has 88 valence electrons. The normalized spacial score (nSPS) is 24.2. The maximum atomic E-state index is 4.48. The summed E-state index contributed by atoms with van der Waals surface area (Å²) in [5.41, 5.74) is 1.48. The van der Waals surface area contributed by atoms with E-state index in [2.05, 4.69) is 50.1 Å². The average Bonchev–Trinajstić information content (AvgIpc) is 2.96. The van der Waals surface area contributed by atoms with Gasteiger partial charge in [0.15, 0.2) is 0 Å². The van der Waals surface area contributed by atoms with Crippen molar-refractivity contribution in [3.63, 3.8) is 0 Å². The van der Waals surface area contributed by atoms with E-state index >= 15 is 0 Å². The molecule has 0 aromatic carbocycles. The van der Waals surface area contributed by atoms with Crippen LogP contribution < -0.4 is 5.32 Å². The van der Waals surface area contributed by atoms with Crippen LogP contribution in [0.2, 0.25) is 0 Å². The van der Waals surface area contributed by atoms with Crippen molar-refractivity contribution in [2.75, 3.05) is 5.32 Å². The van der Waals surface area contributed by atoms with Crippen molar-refractivity contribution in [3.05, 3.63) is 23.9 Å². The van der Waals surface area contributed by atoms with Crippen LogP contribution in [0, 0.1) is 5.92 Å². The quantitative estimate of drug-likeness (QED) is 0.838. The number of rotatable bonds is 3. The zero-order valence-electron chi connectivity index (χ0n) is 10.7. The van der Waals surface area contributed by atoms with Gasteiger partial charge in [-0.05, 0) is 29.4 Å². The van der Waals surface area contributed by atoms with E-state index in [1.54, 1.807) is 0 Å². The van der Waals surface area contributed by atoms with E-state index in [0.717, 1.165) is 11.7 Å². The molecule has 1 saturated carbocycles. The summed E-state index contributed by atoms with van der Waals surface area (Å²) < 4.78 is 0. The number of aromatic nitrogens is 1. The lowest BCUT2D eigenvalue weighted by Crippen LogP contribution is -2.12. The van der Waals surface area contributed by atoms with E-state index in [1.165, 1.54) is 18.4 Å². The van der Waals surface area contributed by atoms with E-state index < -0.39 is 0 Å². The second-order valence-corrected chi connectivity index (χ2v) is 5.84. The molecule has 2 atom stereocenters. The molecule has 1 heterocycles. The maximum Gasteiger partial charge on any atom is 0.126 e. The van der Waals surface area contributed by atoms with Crippen LogP contribution in [0.5, 0.6) is 0 Å². The Morgan fingerprint density at radius 2 is 2.12 bits per heavy atom. The van der Waals surface area contributed by atoms with E-state index in [4.69, 9.17) is 0 Å². The minimum absolute atomic E-state index is 0.192. The number of hydrogen-bond donors (Lipinski definition) is 1. The SMILES string of the molecule is CCC1CC1Nc1ccc(C(C)(C)C)cn1. The van der Waals surface area contributed by atoms with Crippen LogP contribution in [0.4, 0.5) is 5.82 Å². The molecule has 0 saturated heterocycles. The van der Waals surface area contributed by atoms with Crippen molar-refractivity contribution in [3.8, 4) is 0 Å². The summed E-state index contributed by atoms with van der Waals surface area (Å²) in [6.45, 7) is 8.89. The Morgan fingerprint density at radius 3 is 2.56 bits per heavy atom. The molecule has 1 aliphatic carbocycles. The molecule has 2 rings (SSSR count). The first-order valence-electron chi connectivity index (χ1n) is 6.24. The lowest BCUT2D eigenvalue weighted by atomic mass is 9.88. The zero-order chi connectivity index (χ0) is 11.8. The van der Waals surface area contributed by atoms with Gasteiger partial charge in [-0.2, -0.15) is 0 Å². The molecule has 2 nitrogen and oxygen atoms in total. The molecule has 0 aliphatic heterocycles. The van der Waals surface area contributed by atoms with Gasteiger partial charge in [0.1, 0.15) is 5.82 Å². The first-order chi connectivity index (χ1) is 7.50. The van der Waals surface area contributed by atoms with Crippen molar-refractivity contribution in [1.82, 2.24) is 4.98 Å². The van der Waals surface area contributed by atoms with Gasteiger partial charge in [0.05, 0.1) is 0 Å². The summed E-state index contributed by atoms with van der Waals surface area (Å²) in [5, 5.41) is 3.48. The van der Waals surface area contributed by atoms with Crippen LogP contribution >= 0.6 is 0 Å². The zero-order valence-corrected chi connectivity index (χ0v) is 10.7. The molecule has 1 fully saturated rings.